The first-order valence-corrected chi connectivity index (χ1v) is 7.22. The average Bonchev–Trinajstić information content (AvgIpc) is 2.40. The summed E-state index contributed by atoms with van der Waals surface area (Å²) in [5.74, 6) is 0.883. The Balaban J connectivity index is 1.88. The summed E-state index contributed by atoms with van der Waals surface area (Å²) in [6, 6.07) is 13.5. The van der Waals surface area contributed by atoms with E-state index in [1.807, 2.05) is 50.2 Å². The highest BCUT2D eigenvalue weighted by Crippen LogP contribution is 2.25. The van der Waals surface area contributed by atoms with Gasteiger partial charge < -0.3 is 10.1 Å². The standard InChI is InChI=1S/C16H17Cl2NO/c1-11-4-3-5-14(8-11)20-12(2)10-19-13-6-7-15(17)16(18)9-13/h3-9,12,19H,10H2,1-2H3/t12-/m0/s1. The number of hydrogen-bond donors (Lipinski definition) is 1. The topological polar surface area (TPSA) is 21.3 Å². The lowest BCUT2D eigenvalue weighted by atomic mass is 10.2. The van der Waals surface area contributed by atoms with Crippen molar-refractivity contribution in [3.63, 3.8) is 0 Å². The first kappa shape index (κ1) is 15.0. The van der Waals surface area contributed by atoms with Gasteiger partial charge in [-0.3, -0.25) is 0 Å². The minimum atomic E-state index is 0.0475. The van der Waals surface area contributed by atoms with Gasteiger partial charge >= 0.3 is 0 Å². The van der Waals surface area contributed by atoms with Gasteiger partial charge in [0.1, 0.15) is 11.9 Å². The molecule has 0 amide bonds. The fourth-order valence-electron chi connectivity index (χ4n) is 1.83. The third kappa shape index (κ3) is 4.32. The number of rotatable bonds is 5. The molecule has 0 fully saturated rings. The predicted molar refractivity (Wildman–Crippen MR) is 86.2 cm³/mol. The van der Waals surface area contributed by atoms with Crippen LogP contribution < -0.4 is 10.1 Å². The molecule has 0 aliphatic carbocycles. The van der Waals surface area contributed by atoms with Crippen molar-refractivity contribution in [1.82, 2.24) is 0 Å². The van der Waals surface area contributed by atoms with E-state index in [0.29, 0.717) is 16.6 Å². The Kier molecular flexibility index (Phi) is 5.16. The second kappa shape index (κ2) is 6.87. The van der Waals surface area contributed by atoms with Crippen molar-refractivity contribution < 1.29 is 4.74 Å². The van der Waals surface area contributed by atoms with E-state index in [-0.39, 0.29) is 6.10 Å². The first-order valence-electron chi connectivity index (χ1n) is 6.47. The van der Waals surface area contributed by atoms with Gasteiger partial charge in [-0.1, -0.05) is 35.3 Å². The number of anilines is 1. The number of benzene rings is 2. The molecule has 0 aliphatic heterocycles. The predicted octanol–water partition coefficient (Wildman–Crippen LogP) is 5.18. The highest BCUT2D eigenvalue weighted by atomic mass is 35.5. The second-order valence-electron chi connectivity index (χ2n) is 4.75. The van der Waals surface area contributed by atoms with Crippen LogP contribution in [-0.2, 0) is 0 Å². The third-order valence-electron chi connectivity index (χ3n) is 2.84. The molecular formula is C16H17Cl2NO. The van der Waals surface area contributed by atoms with Crippen LogP contribution in [0, 0.1) is 6.92 Å². The van der Waals surface area contributed by atoms with Gasteiger partial charge in [0.2, 0.25) is 0 Å². The minimum Gasteiger partial charge on any atom is -0.489 e. The van der Waals surface area contributed by atoms with Crippen LogP contribution in [0.5, 0.6) is 5.75 Å². The van der Waals surface area contributed by atoms with E-state index >= 15 is 0 Å². The quantitative estimate of drug-likeness (QED) is 0.821. The minimum absolute atomic E-state index is 0.0475. The third-order valence-corrected chi connectivity index (χ3v) is 3.58. The van der Waals surface area contributed by atoms with Crippen molar-refractivity contribution in [2.45, 2.75) is 20.0 Å². The normalized spacial score (nSPS) is 12.0. The lowest BCUT2D eigenvalue weighted by molar-refractivity contribution is 0.234. The van der Waals surface area contributed by atoms with Gasteiger partial charge in [0.25, 0.3) is 0 Å². The summed E-state index contributed by atoms with van der Waals surface area (Å²) in [5.41, 5.74) is 2.12. The van der Waals surface area contributed by atoms with Crippen LogP contribution in [0.4, 0.5) is 5.69 Å². The molecule has 1 N–H and O–H groups in total. The summed E-state index contributed by atoms with van der Waals surface area (Å²) in [5, 5.41) is 4.38. The van der Waals surface area contributed by atoms with Gasteiger partial charge in [-0.15, -0.1) is 0 Å². The molecule has 0 heterocycles. The Morgan fingerprint density at radius 1 is 1.10 bits per heavy atom. The molecule has 2 aromatic carbocycles. The molecule has 4 heteroatoms. The summed E-state index contributed by atoms with van der Waals surface area (Å²) >= 11 is 11.9. The summed E-state index contributed by atoms with van der Waals surface area (Å²) < 4.78 is 5.85. The molecule has 0 saturated carbocycles. The SMILES string of the molecule is Cc1cccc(O[C@@H](C)CNc2ccc(Cl)c(Cl)c2)c1. The molecule has 0 saturated heterocycles. The van der Waals surface area contributed by atoms with Gasteiger partial charge in [0.05, 0.1) is 16.6 Å². The van der Waals surface area contributed by atoms with Crippen molar-refractivity contribution in [2.24, 2.45) is 0 Å². The van der Waals surface area contributed by atoms with Crippen molar-refractivity contribution in [2.75, 3.05) is 11.9 Å². The lowest BCUT2D eigenvalue weighted by Crippen LogP contribution is -2.22. The molecule has 20 heavy (non-hydrogen) atoms. The zero-order chi connectivity index (χ0) is 14.5. The van der Waals surface area contributed by atoms with Crippen molar-refractivity contribution >= 4 is 28.9 Å². The van der Waals surface area contributed by atoms with E-state index in [2.05, 4.69) is 5.32 Å². The highest BCUT2D eigenvalue weighted by molar-refractivity contribution is 6.42. The van der Waals surface area contributed by atoms with E-state index in [0.717, 1.165) is 11.4 Å². The van der Waals surface area contributed by atoms with Gasteiger partial charge in [0.15, 0.2) is 0 Å². The summed E-state index contributed by atoms with van der Waals surface area (Å²) in [6.07, 6.45) is 0.0475. The van der Waals surface area contributed by atoms with E-state index in [4.69, 9.17) is 27.9 Å². The fourth-order valence-corrected chi connectivity index (χ4v) is 2.13. The largest absolute Gasteiger partial charge is 0.489 e. The Morgan fingerprint density at radius 3 is 2.60 bits per heavy atom. The Hall–Kier alpha value is -1.38. The van der Waals surface area contributed by atoms with Gasteiger partial charge in [-0.05, 0) is 49.7 Å². The van der Waals surface area contributed by atoms with E-state index in [9.17, 15) is 0 Å². The Labute approximate surface area is 129 Å². The number of nitrogens with one attached hydrogen (secondary N) is 1. The molecule has 2 aromatic rings. The number of halogens is 2. The Morgan fingerprint density at radius 2 is 1.90 bits per heavy atom. The molecule has 0 bridgehead atoms. The van der Waals surface area contributed by atoms with Crippen molar-refractivity contribution in [3.05, 3.63) is 58.1 Å². The molecule has 0 radical (unpaired) electrons. The molecule has 0 aromatic heterocycles. The average molecular weight is 310 g/mol. The van der Waals surface area contributed by atoms with E-state index < -0.39 is 0 Å². The fraction of sp³-hybridized carbons (Fsp3) is 0.250. The summed E-state index contributed by atoms with van der Waals surface area (Å²) in [7, 11) is 0. The first-order chi connectivity index (χ1) is 9.54. The molecule has 0 aliphatic rings. The monoisotopic (exact) mass is 309 g/mol. The van der Waals surface area contributed by atoms with E-state index in [1.54, 1.807) is 6.07 Å². The van der Waals surface area contributed by atoms with Crippen LogP contribution in [-0.4, -0.2) is 12.6 Å². The number of aryl methyl sites for hydroxylation is 1. The van der Waals surface area contributed by atoms with Crippen molar-refractivity contribution in [1.29, 1.82) is 0 Å². The van der Waals surface area contributed by atoms with Gasteiger partial charge in [-0.25, -0.2) is 0 Å². The molecule has 0 spiro atoms. The number of hydrogen-bond acceptors (Lipinski definition) is 2. The smallest absolute Gasteiger partial charge is 0.120 e. The molecular weight excluding hydrogens is 293 g/mol. The van der Waals surface area contributed by atoms with Gasteiger partial charge in [-0.2, -0.15) is 0 Å². The van der Waals surface area contributed by atoms with Crippen molar-refractivity contribution in [3.8, 4) is 5.75 Å². The van der Waals surface area contributed by atoms with Crippen LogP contribution in [0.25, 0.3) is 0 Å². The van der Waals surface area contributed by atoms with Crippen LogP contribution in [0.2, 0.25) is 10.0 Å². The summed E-state index contributed by atoms with van der Waals surface area (Å²) in [6.45, 7) is 4.75. The molecule has 0 unspecified atom stereocenters. The van der Waals surface area contributed by atoms with Crippen LogP contribution >= 0.6 is 23.2 Å². The Bertz CT molecular complexity index is 586. The van der Waals surface area contributed by atoms with Crippen LogP contribution in [0.15, 0.2) is 42.5 Å². The molecule has 2 rings (SSSR count). The summed E-state index contributed by atoms with van der Waals surface area (Å²) in [4.78, 5) is 0. The number of ether oxygens (including phenoxy) is 1. The van der Waals surface area contributed by atoms with Crippen LogP contribution in [0.1, 0.15) is 12.5 Å². The second-order valence-corrected chi connectivity index (χ2v) is 5.57. The molecule has 1 atom stereocenters. The van der Waals surface area contributed by atoms with E-state index in [1.165, 1.54) is 5.56 Å². The highest BCUT2D eigenvalue weighted by Gasteiger charge is 2.05. The molecule has 2 nitrogen and oxygen atoms in total. The maximum atomic E-state index is 5.97. The molecule has 106 valence electrons. The lowest BCUT2D eigenvalue weighted by Gasteiger charge is -2.16. The maximum absolute atomic E-state index is 5.97. The zero-order valence-corrected chi connectivity index (χ0v) is 13.0. The van der Waals surface area contributed by atoms with Crippen LogP contribution in [0.3, 0.4) is 0 Å². The zero-order valence-electron chi connectivity index (χ0n) is 11.5. The van der Waals surface area contributed by atoms with Gasteiger partial charge in [0, 0.05) is 5.69 Å². The maximum Gasteiger partial charge on any atom is 0.120 e.